The molecule has 5 nitrogen and oxygen atoms in total. The highest BCUT2D eigenvalue weighted by Gasteiger charge is 2.17. The van der Waals surface area contributed by atoms with Gasteiger partial charge >= 0.3 is 0 Å². The Morgan fingerprint density at radius 1 is 1.33 bits per heavy atom. The van der Waals surface area contributed by atoms with Crippen molar-refractivity contribution in [3.63, 3.8) is 0 Å². The van der Waals surface area contributed by atoms with E-state index < -0.39 is 0 Å². The maximum atomic E-state index is 5.80. The van der Waals surface area contributed by atoms with Crippen LogP contribution >= 0.6 is 0 Å². The summed E-state index contributed by atoms with van der Waals surface area (Å²) in [6.45, 7) is 8.47. The maximum Gasteiger partial charge on any atom is 0.167 e. The van der Waals surface area contributed by atoms with Crippen LogP contribution < -0.4 is 5.73 Å². The maximum absolute atomic E-state index is 5.80. The molecule has 5 heteroatoms. The summed E-state index contributed by atoms with van der Waals surface area (Å²) < 4.78 is 1.84. The summed E-state index contributed by atoms with van der Waals surface area (Å²) in [5, 5.41) is 11.6. The molecule has 0 bridgehead atoms. The highest BCUT2D eigenvalue weighted by Crippen LogP contribution is 2.20. The molecule has 0 aliphatic carbocycles. The van der Waals surface area contributed by atoms with E-state index in [0.717, 1.165) is 12.2 Å². The minimum Gasteiger partial charge on any atom is -0.322 e. The van der Waals surface area contributed by atoms with Crippen molar-refractivity contribution in [3.8, 4) is 0 Å². The number of nitrogens with two attached hydrogens (primary N) is 1. The summed E-state index contributed by atoms with van der Waals surface area (Å²) in [6.07, 6.45) is 2.27. The number of tetrazole rings is 1. The molecule has 0 aliphatic rings. The smallest absolute Gasteiger partial charge is 0.167 e. The molecule has 2 N–H and O–H groups in total. The third kappa shape index (κ3) is 2.99. The first-order valence-corrected chi connectivity index (χ1v) is 5.59. The van der Waals surface area contributed by atoms with Gasteiger partial charge in [0.2, 0.25) is 0 Å². The lowest BCUT2D eigenvalue weighted by molar-refractivity contribution is 0.356. The van der Waals surface area contributed by atoms with Crippen molar-refractivity contribution in [2.24, 2.45) is 11.7 Å². The SMILES string of the molecule is CCC(C)CC(C)n1nnnc1C(C)N. The van der Waals surface area contributed by atoms with Gasteiger partial charge < -0.3 is 5.73 Å². The topological polar surface area (TPSA) is 69.6 Å². The van der Waals surface area contributed by atoms with Crippen LogP contribution in [0.2, 0.25) is 0 Å². The van der Waals surface area contributed by atoms with Gasteiger partial charge in [-0.25, -0.2) is 4.68 Å². The van der Waals surface area contributed by atoms with Gasteiger partial charge in [-0.05, 0) is 36.6 Å². The van der Waals surface area contributed by atoms with E-state index in [0.29, 0.717) is 12.0 Å². The van der Waals surface area contributed by atoms with Crippen LogP contribution in [0.1, 0.15) is 58.4 Å². The number of hydrogen-bond acceptors (Lipinski definition) is 4. The second-order valence-electron chi connectivity index (χ2n) is 4.37. The van der Waals surface area contributed by atoms with Gasteiger partial charge in [-0.1, -0.05) is 20.3 Å². The monoisotopic (exact) mass is 211 g/mol. The largest absolute Gasteiger partial charge is 0.322 e. The number of rotatable bonds is 5. The molecule has 1 rings (SSSR count). The van der Waals surface area contributed by atoms with E-state index in [1.54, 1.807) is 0 Å². The van der Waals surface area contributed by atoms with Crippen LogP contribution in [-0.2, 0) is 0 Å². The lowest BCUT2D eigenvalue weighted by Crippen LogP contribution is -2.18. The van der Waals surface area contributed by atoms with Crippen LogP contribution in [0.5, 0.6) is 0 Å². The third-order valence-corrected chi connectivity index (χ3v) is 2.78. The molecule has 0 amide bonds. The first-order chi connectivity index (χ1) is 7.06. The normalized spacial score (nSPS) is 17.4. The highest BCUT2D eigenvalue weighted by atomic mass is 15.6. The first kappa shape index (κ1) is 12.1. The van der Waals surface area contributed by atoms with Crippen molar-refractivity contribution in [3.05, 3.63) is 5.82 Å². The first-order valence-electron chi connectivity index (χ1n) is 5.59. The van der Waals surface area contributed by atoms with Crippen molar-refractivity contribution in [1.29, 1.82) is 0 Å². The molecular weight excluding hydrogens is 190 g/mol. The van der Waals surface area contributed by atoms with Crippen LogP contribution in [-0.4, -0.2) is 20.2 Å². The fourth-order valence-electron chi connectivity index (χ4n) is 1.66. The molecule has 3 atom stereocenters. The van der Waals surface area contributed by atoms with Gasteiger partial charge in [-0.15, -0.1) is 5.10 Å². The molecule has 0 saturated heterocycles. The summed E-state index contributed by atoms with van der Waals surface area (Å²) in [5.74, 6) is 1.45. The van der Waals surface area contributed by atoms with E-state index in [1.807, 2.05) is 11.6 Å². The highest BCUT2D eigenvalue weighted by molar-refractivity contribution is 4.89. The average Bonchev–Trinajstić information content (AvgIpc) is 2.65. The van der Waals surface area contributed by atoms with Crippen molar-refractivity contribution >= 4 is 0 Å². The molecule has 0 aliphatic heterocycles. The Hall–Kier alpha value is -0.970. The molecule has 1 aromatic rings. The molecule has 86 valence electrons. The van der Waals surface area contributed by atoms with Crippen LogP contribution in [0, 0.1) is 5.92 Å². The van der Waals surface area contributed by atoms with E-state index in [2.05, 4.69) is 36.3 Å². The Bertz CT molecular complexity index is 294. The molecule has 1 aromatic heterocycles. The molecule has 0 spiro atoms. The van der Waals surface area contributed by atoms with Gasteiger partial charge in [0.15, 0.2) is 5.82 Å². The van der Waals surface area contributed by atoms with Gasteiger partial charge in [0.05, 0.1) is 12.1 Å². The Balaban J connectivity index is 2.72. The Morgan fingerprint density at radius 3 is 2.53 bits per heavy atom. The van der Waals surface area contributed by atoms with Crippen LogP contribution in [0.4, 0.5) is 0 Å². The van der Waals surface area contributed by atoms with Crippen molar-refractivity contribution in [1.82, 2.24) is 20.2 Å². The minimum atomic E-state index is -0.112. The Kier molecular flexibility index (Phi) is 4.20. The van der Waals surface area contributed by atoms with Crippen molar-refractivity contribution in [2.45, 2.75) is 52.6 Å². The summed E-state index contributed by atoms with van der Waals surface area (Å²) in [7, 11) is 0. The molecule has 1 heterocycles. The van der Waals surface area contributed by atoms with E-state index in [4.69, 9.17) is 5.73 Å². The third-order valence-electron chi connectivity index (χ3n) is 2.78. The predicted octanol–water partition coefficient (Wildman–Crippen LogP) is 1.69. The van der Waals surface area contributed by atoms with Crippen LogP contribution in [0.3, 0.4) is 0 Å². The molecule has 15 heavy (non-hydrogen) atoms. The Labute approximate surface area is 91.0 Å². The summed E-state index contributed by atoms with van der Waals surface area (Å²) >= 11 is 0. The number of nitrogens with zero attached hydrogens (tertiary/aromatic N) is 4. The molecule has 0 aromatic carbocycles. The zero-order valence-electron chi connectivity index (χ0n) is 10.0. The summed E-state index contributed by atoms with van der Waals surface area (Å²) in [6, 6.07) is 0.204. The van der Waals surface area contributed by atoms with Crippen LogP contribution in [0.15, 0.2) is 0 Å². The molecule has 0 fully saturated rings. The number of hydrogen-bond donors (Lipinski definition) is 1. The Morgan fingerprint density at radius 2 is 2.00 bits per heavy atom. The van der Waals surface area contributed by atoms with Gasteiger partial charge in [-0.3, -0.25) is 0 Å². The fourth-order valence-corrected chi connectivity index (χ4v) is 1.66. The summed E-state index contributed by atoms with van der Waals surface area (Å²) in [5.41, 5.74) is 5.80. The van der Waals surface area contributed by atoms with Gasteiger partial charge in [0.1, 0.15) is 0 Å². The van der Waals surface area contributed by atoms with Crippen LogP contribution in [0.25, 0.3) is 0 Å². The second kappa shape index (κ2) is 5.21. The lowest BCUT2D eigenvalue weighted by atomic mass is 10.0. The van der Waals surface area contributed by atoms with E-state index >= 15 is 0 Å². The quantitative estimate of drug-likeness (QED) is 0.804. The van der Waals surface area contributed by atoms with Crippen molar-refractivity contribution in [2.75, 3.05) is 0 Å². The van der Waals surface area contributed by atoms with E-state index in [1.165, 1.54) is 6.42 Å². The average molecular weight is 211 g/mol. The molecule has 3 unspecified atom stereocenters. The standard InChI is InChI=1S/C10H21N5/c1-5-7(2)6-8(3)15-10(9(4)11)12-13-14-15/h7-9H,5-6,11H2,1-4H3. The predicted molar refractivity (Wildman–Crippen MR) is 59.2 cm³/mol. The van der Waals surface area contributed by atoms with Gasteiger partial charge in [0.25, 0.3) is 0 Å². The molecule has 0 saturated carbocycles. The zero-order valence-corrected chi connectivity index (χ0v) is 10.0. The van der Waals surface area contributed by atoms with E-state index in [-0.39, 0.29) is 6.04 Å². The second-order valence-corrected chi connectivity index (χ2v) is 4.37. The summed E-state index contributed by atoms with van der Waals surface area (Å²) in [4.78, 5) is 0. The number of aromatic nitrogens is 4. The van der Waals surface area contributed by atoms with Gasteiger partial charge in [0, 0.05) is 0 Å². The molecule has 0 radical (unpaired) electrons. The van der Waals surface area contributed by atoms with E-state index in [9.17, 15) is 0 Å². The minimum absolute atomic E-state index is 0.112. The fraction of sp³-hybridized carbons (Fsp3) is 0.900. The zero-order chi connectivity index (χ0) is 11.4. The lowest BCUT2D eigenvalue weighted by Gasteiger charge is -2.17. The molecular formula is C10H21N5. The van der Waals surface area contributed by atoms with Gasteiger partial charge in [-0.2, -0.15) is 0 Å². The van der Waals surface area contributed by atoms with Crippen molar-refractivity contribution < 1.29 is 0 Å².